The number of methoxy groups -OCH3 is 2. The molecule has 0 saturated heterocycles. The van der Waals surface area contributed by atoms with Crippen LogP contribution in [0.25, 0.3) is 6.08 Å². The minimum atomic E-state index is -0.207. The van der Waals surface area contributed by atoms with Gasteiger partial charge in [0.1, 0.15) is 0 Å². The number of aromatic hydroxyl groups is 1. The summed E-state index contributed by atoms with van der Waals surface area (Å²) < 4.78 is 10.4. The fourth-order valence-electron chi connectivity index (χ4n) is 2.88. The lowest BCUT2D eigenvalue weighted by molar-refractivity contribution is -0.114. The summed E-state index contributed by atoms with van der Waals surface area (Å²) in [6, 6.07) is 9.08. The quantitative estimate of drug-likeness (QED) is 0.835. The predicted molar refractivity (Wildman–Crippen MR) is 106 cm³/mol. The molecule has 6 nitrogen and oxygen atoms in total. The molecule has 2 aromatic rings. The van der Waals surface area contributed by atoms with E-state index in [1.807, 2.05) is 32.0 Å². The Kier molecular flexibility index (Phi) is 4.90. The molecular formula is C21H22N2O4. The van der Waals surface area contributed by atoms with E-state index in [9.17, 15) is 9.90 Å². The Labute approximate surface area is 158 Å². The summed E-state index contributed by atoms with van der Waals surface area (Å²) in [5.41, 5.74) is 4.74. The maximum absolute atomic E-state index is 12.9. The Balaban J connectivity index is 2.00. The highest BCUT2D eigenvalue weighted by Gasteiger charge is 2.29. The number of nitrogens with zero attached hydrogens (tertiary/aromatic N) is 2. The molecule has 0 bridgehead atoms. The topological polar surface area (TPSA) is 71.4 Å². The zero-order valence-corrected chi connectivity index (χ0v) is 16.0. The molecule has 3 rings (SSSR count). The van der Waals surface area contributed by atoms with Gasteiger partial charge in [-0.15, -0.1) is 0 Å². The van der Waals surface area contributed by atoms with Gasteiger partial charge in [0.05, 0.1) is 31.2 Å². The van der Waals surface area contributed by atoms with E-state index in [2.05, 4.69) is 5.10 Å². The van der Waals surface area contributed by atoms with Gasteiger partial charge >= 0.3 is 0 Å². The number of hydrogen-bond donors (Lipinski definition) is 1. The van der Waals surface area contributed by atoms with Crippen LogP contribution in [0.1, 0.15) is 23.6 Å². The fraction of sp³-hybridized carbons (Fsp3) is 0.238. The average molecular weight is 366 g/mol. The van der Waals surface area contributed by atoms with Gasteiger partial charge in [0, 0.05) is 0 Å². The third-order valence-electron chi connectivity index (χ3n) is 4.61. The van der Waals surface area contributed by atoms with E-state index < -0.39 is 0 Å². The molecule has 0 radical (unpaired) electrons. The second-order valence-electron chi connectivity index (χ2n) is 6.40. The standard InChI is InChI=1S/C21H22N2O4/c1-12-6-7-16(8-13(12)2)23-21(25)17(14(3)22-23)9-15-10-18(26-4)20(24)19(11-15)27-5/h6-11,24H,1-5H3/b17-9+. The number of hydrazone groups is 1. The molecule has 1 amide bonds. The number of phenols is 1. The van der Waals surface area contributed by atoms with Crippen LogP contribution in [-0.2, 0) is 4.79 Å². The molecule has 0 aliphatic carbocycles. The molecule has 27 heavy (non-hydrogen) atoms. The van der Waals surface area contributed by atoms with Crippen molar-refractivity contribution in [2.24, 2.45) is 5.10 Å². The summed E-state index contributed by atoms with van der Waals surface area (Å²) in [5, 5.41) is 15.9. The van der Waals surface area contributed by atoms with Crippen molar-refractivity contribution in [1.82, 2.24) is 0 Å². The molecule has 140 valence electrons. The van der Waals surface area contributed by atoms with Crippen LogP contribution in [0.3, 0.4) is 0 Å². The second-order valence-corrected chi connectivity index (χ2v) is 6.40. The Bertz CT molecular complexity index is 951. The molecule has 6 heteroatoms. The highest BCUT2D eigenvalue weighted by atomic mass is 16.5. The molecule has 0 spiro atoms. The fourth-order valence-corrected chi connectivity index (χ4v) is 2.88. The van der Waals surface area contributed by atoms with E-state index in [-0.39, 0.29) is 23.2 Å². The Hall–Kier alpha value is -3.28. The van der Waals surface area contributed by atoms with E-state index in [1.165, 1.54) is 19.2 Å². The molecule has 0 saturated carbocycles. The number of benzene rings is 2. The molecule has 0 unspecified atom stereocenters. The van der Waals surface area contributed by atoms with Crippen molar-refractivity contribution in [1.29, 1.82) is 0 Å². The third kappa shape index (κ3) is 3.38. The van der Waals surface area contributed by atoms with Crippen LogP contribution in [0.2, 0.25) is 0 Å². The van der Waals surface area contributed by atoms with Gasteiger partial charge in [-0.25, -0.2) is 0 Å². The zero-order chi connectivity index (χ0) is 19.7. The number of phenolic OH excluding ortho intramolecular Hbond substituents is 1. The number of carbonyl (C=O) groups excluding carboxylic acids is 1. The minimum Gasteiger partial charge on any atom is -0.502 e. The van der Waals surface area contributed by atoms with Crippen LogP contribution in [-0.4, -0.2) is 30.9 Å². The normalized spacial score (nSPS) is 15.3. The largest absolute Gasteiger partial charge is 0.502 e. The van der Waals surface area contributed by atoms with Gasteiger partial charge in [-0.05, 0) is 67.8 Å². The second kappa shape index (κ2) is 7.15. The van der Waals surface area contributed by atoms with E-state index in [1.54, 1.807) is 25.1 Å². The summed E-state index contributed by atoms with van der Waals surface area (Å²) in [6.45, 7) is 5.82. The van der Waals surface area contributed by atoms with E-state index >= 15 is 0 Å². The Morgan fingerprint density at radius 1 is 1.00 bits per heavy atom. The molecule has 2 aromatic carbocycles. The Morgan fingerprint density at radius 3 is 2.19 bits per heavy atom. The summed E-state index contributed by atoms with van der Waals surface area (Å²) in [4.78, 5) is 12.9. The molecule has 0 aromatic heterocycles. The van der Waals surface area contributed by atoms with Gasteiger partial charge in [-0.1, -0.05) is 6.07 Å². The van der Waals surface area contributed by atoms with Gasteiger partial charge in [-0.3, -0.25) is 4.79 Å². The number of hydrogen-bond acceptors (Lipinski definition) is 5. The van der Waals surface area contributed by atoms with Gasteiger partial charge in [-0.2, -0.15) is 10.1 Å². The summed E-state index contributed by atoms with van der Waals surface area (Å²) in [6.07, 6.45) is 1.71. The molecule has 1 heterocycles. The van der Waals surface area contributed by atoms with Crippen LogP contribution >= 0.6 is 0 Å². The van der Waals surface area contributed by atoms with Crippen LogP contribution < -0.4 is 14.5 Å². The summed E-state index contributed by atoms with van der Waals surface area (Å²) in [5.74, 6) is 0.253. The lowest BCUT2D eigenvalue weighted by Gasteiger charge is -2.13. The van der Waals surface area contributed by atoms with Crippen LogP contribution in [0, 0.1) is 13.8 Å². The van der Waals surface area contributed by atoms with E-state index in [4.69, 9.17) is 9.47 Å². The maximum Gasteiger partial charge on any atom is 0.280 e. The monoisotopic (exact) mass is 366 g/mol. The highest BCUT2D eigenvalue weighted by Crippen LogP contribution is 2.38. The zero-order valence-electron chi connectivity index (χ0n) is 16.0. The molecular weight excluding hydrogens is 344 g/mol. The van der Waals surface area contributed by atoms with Crippen molar-refractivity contribution in [2.45, 2.75) is 20.8 Å². The molecule has 0 atom stereocenters. The third-order valence-corrected chi connectivity index (χ3v) is 4.61. The van der Waals surface area contributed by atoms with Crippen LogP contribution in [0.15, 0.2) is 41.0 Å². The van der Waals surface area contributed by atoms with Crippen molar-refractivity contribution < 1.29 is 19.4 Å². The predicted octanol–water partition coefficient (Wildman–Crippen LogP) is 3.83. The van der Waals surface area contributed by atoms with E-state index in [0.29, 0.717) is 16.8 Å². The van der Waals surface area contributed by atoms with Gasteiger partial charge in [0.2, 0.25) is 5.75 Å². The summed E-state index contributed by atoms with van der Waals surface area (Å²) in [7, 11) is 2.92. The molecule has 0 fully saturated rings. The first-order valence-electron chi connectivity index (χ1n) is 8.49. The molecule has 1 aliphatic rings. The van der Waals surface area contributed by atoms with E-state index in [0.717, 1.165) is 16.8 Å². The van der Waals surface area contributed by atoms with Crippen molar-refractivity contribution >= 4 is 23.4 Å². The van der Waals surface area contributed by atoms with Crippen molar-refractivity contribution in [3.63, 3.8) is 0 Å². The smallest absolute Gasteiger partial charge is 0.280 e. The summed E-state index contributed by atoms with van der Waals surface area (Å²) >= 11 is 0. The number of aryl methyl sites for hydroxylation is 2. The van der Waals surface area contributed by atoms with Crippen LogP contribution in [0.4, 0.5) is 5.69 Å². The Morgan fingerprint density at radius 2 is 1.63 bits per heavy atom. The first-order chi connectivity index (χ1) is 12.8. The average Bonchev–Trinajstić information content (AvgIpc) is 2.93. The van der Waals surface area contributed by atoms with Crippen molar-refractivity contribution in [3.05, 3.63) is 52.6 Å². The van der Waals surface area contributed by atoms with Gasteiger partial charge in [0.25, 0.3) is 5.91 Å². The lowest BCUT2D eigenvalue weighted by atomic mass is 10.1. The lowest BCUT2D eigenvalue weighted by Crippen LogP contribution is -2.21. The minimum absolute atomic E-state index is 0.0814. The molecule has 1 N–H and O–H groups in total. The number of anilines is 1. The number of rotatable bonds is 4. The SMILES string of the molecule is COc1cc(/C=C2/C(=O)N(c3ccc(C)c(C)c3)N=C2C)cc(OC)c1O. The maximum atomic E-state index is 12.9. The number of amides is 1. The first kappa shape index (κ1) is 18.5. The van der Waals surface area contributed by atoms with Crippen LogP contribution in [0.5, 0.6) is 17.2 Å². The van der Waals surface area contributed by atoms with Gasteiger partial charge < -0.3 is 14.6 Å². The molecule has 1 aliphatic heterocycles. The van der Waals surface area contributed by atoms with Crippen molar-refractivity contribution in [2.75, 3.05) is 19.2 Å². The highest BCUT2D eigenvalue weighted by molar-refractivity contribution is 6.32. The first-order valence-corrected chi connectivity index (χ1v) is 8.49. The van der Waals surface area contributed by atoms with Crippen molar-refractivity contribution in [3.8, 4) is 17.2 Å². The number of carbonyl (C=O) groups is 1. The number of ether oxygens (including phenoxy) is 2. The van der Waals surface area contributed by atoms with Gasteiger partial charge in [0.15, 0.2) is 11.5 Å².